The van der Waals surface area contributed by atoms with E-state index < -0.39 is 23.7 Å². The van der Waals surface area contributed by atoms with Crippen molar-refractivity contribution in [2.75, 3.05) is 0 Å². The summed E-state index contributed by atoms with van der Waals surface area (Å²) in [4.78, 5) is 0. The Morgan fingerprint density at radius 3 is 1.81 bits per heavy atom. The summed E-state index contributed by atoms with van der Waals surface area (Å²) in [5.41, 5.74) is 4.45. The van der Waals surface area contributed by atoms with Crippen molar-refractivity contribution in [3.8, 4) is 5.75 Å². The van der Waals surface area contributed by atoms with Gasteiger partial charge in [0, 0.05) is 0 Å². The average molecular weight is 241 g/mol. The van der Waals surface area contributed by atoms with Gasteiger partial charge in [-0.1, -0.05) is 12.1 Å². The Balaban J connectivity index is 3.02. The number of rotatable bonds is 2. The highest BCUT2D eigenvalue weighted by Crippen LogP contribution is 2.43. The second kappa shape index (κ2) is 3.89. The molecule has 0 aliphatic carbocycles. The molecule has 0 saturated carbocycles. The molecule has 0 saturated heterocycles. The molecule has 0 unspecified atom stereocenters. The molecular formula is C9H8F5NO. The van der Waals surface area contributed by atoms with E-state index in [0.29, 0.717) is 0 Å². The summed E-state index contributed by atoms with van der Waals surface area (Å²) in [5, 5.41) is 8.85. The molecule has 0 aliphatic rings. The molecule has 0 aromatic heterocycles. The van der Waals surface area contributed by atoms with Crippen LogP contribution in [0.3, 0.4) is 0 Å². The number of halogens is 5. The van der Waals surface area contributed by atoms with Crippen LogP contribution in [0, 0.1) is 0 Å². The summed E-state index contributed by atoms with van der Waals surface area (Å²) >= 11 is 0. The van der Waals surface area contributed by atoms with Gasteiger partial charge < -0.3 is 10.8 Å². The van der Waals surface area contributed by atoms with E-state index in [-0.39, 0.29) is 5.75 Å². The minimum absolute atomic E-state index is 0.244. The predicted molar refractivity (Wildman–Crippen MR) is 46.0 cm³/mol. The third-order valence-electron chi connectivity index (χ3n) is 2.02. The van der Waals surface area contributed by atoms with E-state index in [1.807, 2.05) is 0 Å². The van der Waals surface area contributed by atoms with Gasteiger partial charge in [-0.3, -0.25) is 0 Å². The van der Waals surface area contributed by atoms with E-state index in [4.69, 9.17) is 10.8 Å². The van der Waals surface area contributed by atoms with Crippen LogP contribution in [0.1, 0.15) is 11.6 Å². The lowest BCUT2D eigenvalue weighted by Gasteiger charge is -2.25. The minimum Gasteiger partial charge on any atom is -0.508 e. The van der Waals surface area contributed by atoms with Gasteiger partial charge in [-0.2, -0.15) is 22.0 Å². The fourth-order valence-corrected chi connectivity index (χ4v) is 1.07. The van der Waals surface area contributed by atoms with Crippen LogP contribution < -0.4 is 5.73 Å². The number of phenolic OH excluding ortho intramolecular Hbond substituents is 1. The maximum atomic E-state index is 12.8. The summed E-state index contributed by atoms with van der Waals surface area (Å²) in [6, 6.07) is 1.32. The van der Waals surface area contributed by atoms with Gasteiger partial charge in [0.25, 0.3) is 0 Å². The largest absolute Gasteiger partial charge is 0.508 e. The van der Waals surface area contributed by atoms with Crippen LogP contribution >= 0.6 is 0 Å². The first-order valence-electron chi connectivity index (χ1n) is 4.15. The molecule has 0 fully saturated rings. The van der Waals surface area contributed by atoms with E-state index in [0.717, 1.165) is 24.3 Å². The number of phenols is 1. The van der Waals surface area contributed by atoms with E-state index >= 15 is 0 Å². The predicted octanol–water partition coefficient (Wildman–Crippen LogP) is 2.59. The number of benzene rings is 1. The van der Waals surface area contributed by atoms with Crippen LogP contribution in [0.5, 0.6) is 5.75 Å². The van der Waals surface area contributed by atoms with Crippen molar-refractivity contribution in [1.29, 1.82) is 0 Å². The molecule has 16 heavy (non-hydrogen) atoms. The van der Waals surface area contributed by atoms with E-state index in [1.54, 1.807) is 0 Å². The maximum absolute atomic E-state index is 12.8. The number of alkyl halides is 5. The van der Waals surface area contributed by atoms with Crippen molar-refractivity contribution in [3.63, 3.8) is 0 Å². The van der Waals surface area contributed by atoms with Crippen LogP contribution in [-0.2, 0) is 0 Å². The van der Waals surface area contributed by atoms with Gasteiger partial charge in [0.1, 0.15) is 11.8 Å². The lowest BCUT2D eigenvalue weighted by atomic mass is 10.0. The van der Waals surface area contributed by atoms with Gasteiger partial charge in [-0.15, -0.1) is 0 Å². The summed E-state index contributed by atoms with van der Waals surface area (Å²) in [6.45, 7) is 0. The highest BCUT2D eigenvalue weighted by molar-refractivity contribution is 5.29. The molecule has 1 rings (SSSR count). The van der Waals surface area contributed by atoms with Crippen molar-refractivity contribution >= 4 is 0 Å². The summed E-state index contributed by atoms with van der Waals surface area (Å²) in [7, 11) is 0. The van der Waals surface area contributed by atoms with Gasteiger partial charge >= 0.3 is 12.1 Å². The van der Waals surface area contributed by atoms with Crippen LogP contribution in [0.25, 0.3) is 0 Å². The van der Waals surface area contributed by atoms with Crippen molar-refractivity contribution in [2.45, 2.75) is 18.1 Å². The molecule has 90 valence electrons. The topological polar surface area (TPSA) is 46.2 Å². The van der Waals surface area contributed by atoms with E-state index in [9.17, 15) is 22.0 Å². The van der Waals surface area contributed by atoms with Gasteiger partial charge in [0.2, 0.25) is 0 Å². The molecule has 0 amide bonds. The zero-order chi connectivity index (χ0) is 12.6. The Hall–Kier alpha value is -1.37. The summed E-state index contributed by atoms with van der Waals surface area (Å²) in [5.74, 6) is -5.25. The monoisotopic (exact) mass is 241 g/mol. The molecule has 0 bridgehead atoms. The molecule has 0 heterocycles. The number of hydrogen-bond acceptors (Lipinski definition) is 2. The molecule has 1 aromatic carbocycles. The Bertz CT molecular complexity index is 359. The molecule has 1 aromatic rings. The Labute approximate surface area is 87.5 Å². The SMILES string of the molecule is N[C@@H](c1ccc(O)cc1)C(F)(F)C(F)(F)F. The van der Waals surface area contributed by atoms with Crippen molar-refractivity contribution in [1.82, 2.24) is 0 Å². The van der Waals surface area contributed by atoms with E-state index in [2.05, 4.69) is 0 Å². The molecule has 2 nitrogen and oxygen atoms in total. The minimum atomic E-state index is -5.70. The number of hydrogen-bond donors (Lipinski definition) is 2. The van der Waals surface area contributed by atoms with Gasteiger partial charge in [-0.05, 0) is 17.7 Å². The molecule has 7 heteroatoms. The highest BCUT2D eigenvalue weighted by atomic mass is 19.4. The van der Waals surface area contributed by atoms with Crippen LogP contribution in [0.15, 0.2) is 24.3 Å². The summed E-state index contributed by atoms with van der Waals surface area (Å²) < 4.78 is 61.5. The first kappa shape index (κ1) is 12.7. The summed E-state index contributed by atoms with van der Waals surface area (Å²) in [6.07, 6.45) is -5.70. The molecule has 0 spiro atoms. The molecule has 0 radical (unpaired) electrons. The van der Waals surface area contributed by atoms with E-state index in [1.165, 1.54) is 0 Å². The average Bonchev–Trinajstić information content (AvgIpc) is 2.16. The Morgan fingerprint density at radius 1 is 1.00 bits per heavy atom. The molecule has 0 aliphatic heterocycles. The van der Waals surface area contributed by atoms with Crippen LogP contribution in [0.4, 0.5) is 22.0 Å². The first-order chi connectivity index (χ1) is 7.16. The quantitative estimate of drug-likeness (QED) is 0.782. The lowest BCUT2D eigenvalue weighted by Crippen LogP contribution is -2.45. The zero-order valence-electron chi connectivity index (χ0n) is 7.80. The van der Waals surface area contributed by atoms with Crippen LogP contribution in [-0.4, -0.2) is 17.2 Å². The zero-order valence-corrected chi connectivity index (χ0v) is 7.80. The third kappa shape index (κ3) is 2.24. The third-order valence-corrected chi connectivity index (χ3v) is 2.02. The number of nitrogens with two attached hydrogens (primary N) is 1. The highest BCUT2D eigenvalue weighted by Gasteiger charge is 2.61. The Morgan fingerprint density at radius 2 is 1.44 bits per heavy atom. The number of aromatic hydroxyl groups is 1. The van der Waals surface area contributed by atoms with Crippen molar-refractivity contribution in [3.05, 3.63) is 29.8 Å². The normalized spacial score (nSPS) is 14.9. The first-order valence-corrected chi connectivity index (χ1v) is 4.15. The second-order valence-corrected chi connectivity index (χ2v) is 3.19. The smallest absolute Gasteiger partial charge is 0.455 e. The standard InChI is InChI=1S/C9H8F5NO/c10-8(11,9(12,13)14)7(15)5-1-3-6(16)4-2-5/h1-4,7,16H,15H2/t7-/m0/s1. The van der Waals surface area contributed by atoms with Gasteiger partial charge in [0.05, 0.1) is 0 Å². The van der Waals surface area contributed by atoms with Crippen LogP contribution in [0.2, 0.25) is 0 Å². The second-order valence-electron chi connectivity index (χ2n) is 3.19. The molecule has 3 N–H and O–H groups in total. The van der Waals surface area contributed by atoms with Crippen molar-refractivity contribution in [2.24, 2.45) is 5.73 Å². The molecule has 1 atom stereocenters. The van der Waals surface area contributed by atoms with Gasteiger partial charge in [-0.25, -0.2) is 0 Å². The fourth-order valence-electron chi connectivity index (χ4n) is 1.07. The maximum Gasteiger partial charge on any atom is 0.455 e. The fraction of sp³-hybridized carbons (Fsp3) is 0.333. The van der Waals surface area contributed by atoms with Gasteiger partial charge in [0.15, 0.2) is 0 Å². The Kier molecular flexibility index (Phi) is 3.09. The van der Waals surface area contributed by atoms with Crippen molar-refractivity contribution < 1.29 is 27.1 Å². The molecular weight excluding hydrogens is 233 g/mol. The lowest BCUT2D eigenvalue weighted by molar-refractivity contribution is -0.291.